The maximum absolute atomic E-state index is 11.9. The minimum atomic E-state index is 0.0889. The average Bonchev–Trinajstić information content (AvgIpc) is 3.12. The van der Waals surface area contributed by atoms with E-state index in [4.69, 9.17) is 9.97 Å². The summed E-state index contributed by atoms with van der Waals surface area (Å²) < 4.78 is 0. The van der Waals surface area contributed by atoms with Crippen molar-refractivity contribution in [1.82, 2.24) is 24.8 Å². The fraction of sp³-hybridized carbons (Fsp3) is 0.524. The van der Waals surface area contributed by atoms with E-state index >= 15 is 0 Å². The zero-order chi connectivity index (χ0) is 19.5. The molecular formula is C21H28N6O. The van der Waals surface area contributed by atoms with Crippen LogP contribution in [0, 0.1) is 0 Å². The zero-order valence-electron chi connectivity index (χ0n) is 16.7. The van der Waals surface area contributed by atoms with Crippen LogP contribution in [0.25, 0.3) is 11.4 Å². The van der Waals surface area contributed by atoms with Gasteiger partial charge in [-0.3, -0.25) is 9.78 Å². The molecule has 0 aliphatic carbocycles. The third kappa shape index (κ3) is 3.99. The van der Waals surface area contributed by atoms with Crippen molar-refractivity contribution in [3.63, 3.8) is 0 Å². The number of hydrogen-bond donors (Lipinski definition) is 1. The molecule has 2 aliphatic heterocycles. The smallest absolute Gasteiger partial charge is 0.219 e. The summed E-state index contributed by atoms with van der Waals surface area (Å²) in [4.78, 5) is 30.0. The van der Waals surface area contributed by atoms with Crippen molar-refractivity contribution in [2.75, 3.05) is 32.0 Å². The van der Waals surface area contributed by atoms with Crippen LogP contribution in [0.5, 0.6) is 0 Å². The Bertz CT molecular complexity index is 840. The number of likely N-dealkylation sites (tertiary alicyclic amines) is 1. The summed E-state index contributed by atoms with van der Waals surface area (Å²) >= 11 is 0. The van der Waals surface area contributed by atoms with Gasteiger partial charge in [-0.15, -0.1) is 0 Å². The van der Waals surface area contributed by atoms with Crippen LogP contribution in [0.3, 0.4) is 0 Å². The maximum Gasteiger partial charge on any atom is 0.219 e. The molecule has 4 heterocycles. The van der Waals surface area contributed by atoms with Crippen LogP contribution >= 0.6 is 0 Å². The first-order valence-electron chi connectivity index (χ1n) is 10.1. The van der Waals surface area contributed by atoms with Gasteiger partial charge < -0.3 is 15.1 Å². The Morgan fingerprint density at radius 3 is 2.93 bits per heavy atom. The Morgan fingerprint density at radius 2 is 2.21 bits per heavy atom. The lowest BCUT2D eigenvalue weighted by atomic mass is 10.0. The van der Waals surface area contributed by atoms with Crippen molar-refractivity contribution >= 4 is 11.7 Å². The van der Waals surface area contributed by atoms with Crippen molar-refractivity contribution in [1.29, 1.82) is 0 Å². The molecule has 1 N–H and O–H groups in total. The molecule has 1 saturated heterocycles. The standard InChI is InChI=1S/C21H28N6O/c1-15(28)27-12-8-18-19(14-27)24-20(16-5-3-9-22-13-16)25-21(18)23-10-7-17-6-4-11-26(17)2/h3,5,9,13,17H,4,6-8,10-12,14H2,1-2H3,(H,23,24,25). The van der Waals surface area contributed by atoms with Crippen LogP contribution in [-0.4, -0.2) is 63.4 Å². The minimum absolute atomic E-state index is 0.0889. The molecule has 1 unspecified atom stereocenters. The average molecular weight is 380 g/mol. The molecule has 0 bridgehead atoms. The molecule has 1 fully saturated rings. The van der Waals surface area contributed by atoms with Crippen LogP contribution in [0.1, 0.15) is 37.4 Å². The van der Waals surface area contributed by atoms with Crippen molar-refractivity contribution in [2.45, 2.75) is 45.2 Å². The fourth-order valence-corrected chi connectivity index (χ4v) is 4.17. The van der Waals surface area contributed by atoms with Crippen LogP contribution in [0.4, 0.5) is 5.82 Å². The van der Waals surface area contributed by atoms with Crippen LogP contribution < -0.4 is 5.32 Å². The molecule has 28 heavy (non-hydrogen) atoms. The number of carbonyl (C=O) groups is 1. The monoisotopic (exact) mass is 380 g/mol. The summed E-state index contributed by atoms with van der Waals surface area (Å²) in [7, 11) is 2.21. The molecule has 1 atom stereocenters. The molecule has 2 aliphatic rings. The van der Waals surface area contributed by atoms with E-state index in [1.165, 1.54) is 19.4 Å². The fourth-order valence-electron chi connectivity index (χ4n) is 4.17. The molecule has 148 valence electrons. The number of anilines is 1. The first-order valence-corrected chi connectivity index (χ1v) is 10.1. The molecule has 4 rings (SSSR count). The van der Waals surface area contributed by atoms with E-state index in [0.29, 0.717) is 18.4 Å². The van der Waals surface area contributed by atoms with E-state index in [0.717, 1.165) is 48.6 Å². The highest BCUT2D eigenvalue weighted by molar-refractivity contribution is 5.74. The number of fused-ring (bicyclic) bond motifs is 1. The van der Waals surface area contributed by atoms with Gasteiger partial charge in [0.2, 0.25) is 5.91 Å². The van der Waals surface area contributed by atoms with E-state index in [1.54, 1.807) is 19.3 Å². The molecule has 2 aromatic heterocycles. The van der Waals surface area contributed by atoms with Crippen molar-refractivity contribution in [3.05, 3.63) is 35.8 Å². The number of carbonyl (C=O) groups excluding carboxylic acids is 1. The first kappa shape index (κ1) is 18.8. The Morgan fingerprint density at radius 1 is 1.32 bits per heavy atom. The molecule has 7 nitrogen and oxygen atoms in total. The minimum Gasteiger partial charge on any atom is -0.370 e. The lowest BCUT2D eigenvalue weighted by Crippen LogP contribution is -2.35. The van der Waals surface area contributed by atoms with Crippen molar-refractivity contribution in [2.24, 2.45) is 0 Å². The number of nitrogens with one attached hydrogen (secondary N) is 1. The van der Waals surface area contributed by atoms with Gasteiger partial charge in [-0.2, -0.15) is 0 Å². The van der Waals surface area contributed by atoms with E-state index in [2.05, 4.69) is 22.2 Å². The molecule has 0 radical (unpaired) electrons. The van der Waals surface area contributed by atoms with E-state index in [1.807, 2.05) is 17.0 Å². The topological polar surface area (TPSA) is 74.2 Å². The van der Waals surface area contributed by atoms with Crippen LogP contribution in [0.2, 0.25) is 0 Å². The Labute approximate surface area is 166 Å². The normalized spacial score (nSPS) is 19.5. The van der Waals surface area contributed by atoms with E-state index < -0.39 is 0 Å². The second-order valence-corrected chi connectivity index (χ2v) is 7.75. The van der Waals surface area contributed by atoms with Gasteiger partial charge in [0.05, 0.1) is 12.2 Å². The highest BCUT2D eigenvalue weighted by Crippen LogP contribution is 2.27. The molecule has 2 aromatic rings. The Balaban J connectivity index is 1.58. The lowest BCUT2D eigenvalue weighted by Gasteiger charge is -2.29. The van der Waals surface area contributed by atoms with Crippen molar-refractivity contribution in [3.8, 4) is 11.4 Å². The highest BCUT2D eigenvalue weighted by Gasteiger charge is 2.25. The molecule has 1 amide bonds. The molecule has 0 spiro atoms. The van der Waals surface area contributed by atoms with Crippen LogP contribution in [0.15, 0.2) is 24.5 Å². The first-order chi connectivity index (χ1) is 13.6. The number of hydrogen-bond acceptors (Lipinski definition) is 6. The summed E-state index contributed by atoms with van der Waals surface area (Å²) in [6.45, 7) is 4.96. The predicted octanol–water partition coefficient (Wildman–Crippen LogP) is 2.34. The van der Waals surface area contributed by atoms with Gasteiger partial charge in [-0.05, 0) is 51.4 Å². The van der Waals surface area contributed by atoms with Gasteiger partial charge in [-0.1, -0.05) is 0 Å². The number of rotatable bonds is 5. The van der Waals surface area contributed by atoms with Gasteiger partial charge in [0.15, 0.2) is 5.82 Å². The van der Waals surface area contributed by atoms with Gasteiger partial charge in [0, 0.05) is 49.6 Å². The summed E-state index contributed by atoms with van der Waals surface area (Å²) in [6, 6.07) is 4.51. The second kappa shape index (κ2) is 8.22. The number of nitrogens with zero attached hydrogens (tertiary/aromatic N) is 5. The van der Waals surface area contributed by atoms with Gasteiger partial charge in [0.25, 0.3) is 0 Å². The number of aromatic nitrogens is 3. The SMILES string of the molecule is CC(=O)N1CCc2c(nc(-c3cccnc3)nc2NCCC2CCCN2C)C1. The summed E-state index contributed by atoms with van der Waals surface area (Å²) in [6.07, 6.45) is 7.98. The Hall–Kier alpha value is -2.54. The summed E-state index contributed by atoms with van der Waals surface area (Å²) in [5.41, 5.74) is 2.98. The molecule has 7 heteroatoms. The van der Waals surface area contributed by atoms with E-state index in [9.17, 15) is 4.79 Å². The van der Waals surface area contributed by atoms with E-state index in [-0.39, 0.29) is 5.91 Å². The third-order valence-corrected chi connectivity index (χ3v) is 5.87. The predicted molar refractivity (Wildman–Crippen MR) is 109 cm³/mol. The molecule has 0 saturated carbocycles. The highest BCUT2D eigenvalue weighted by atomic mass is 16.2. The Kier molecular flexibility index (Phi) is 5.52. The third-order valence-electron chi connectivity index (χ3n) is 5.87. The van der Waals surface area contributed by atoms with Gasteiger partial charge in [0.1, 0.15) is 5.82 Å². The van der Waals surface area contributed by atoms with Gasteiger partial charge in [-0.25, -0.2) is 9.97 Å². The van der Waals surface area contributed by atoms with Gasteiger partial charge >= 0.3 is 0 Å². The number of amides is 1. The lowest BCUT2D eigenvalue weighted by molar-refractivity contribution is -0.129. The summed E-state index contributed by atoms with van der Waals surface area (Å²) in [5.74, 6) is 1.66. The summed E-state index contributed by atoms with van der Waals surface area (Å²) in [5, 5.41) is 3.57. The molecule has 0 aromatic carbocycles. The molecular weight excluding hydrogens is 352 g/mol. The zero-order valence-corrected chi connectivity index (χ0v) is 16.7. The second-order valence-electron chi connectivity index (χ2n) is 7.75. The largest absolute Gasteiger partial charge is 0.370 e. The maximum atomic E-state index is 11.9. The van der Waals surface area contributed by atoms with Crippen LogP contribution in [-0.2, 0) is 17.8 Å². The number of pyridine rings is 1. The van der Waals surface area contributed by atoms with Crippen molar-refractivity contribution < 1.29 is 4.79 Å². The quantitative estimate of drug-likeness (QED) is 0.858.